The van der Waals surface area contributed by atoms with E-state index in [2.05, 4.69) is 5.10 Å². The van der Waals surface area contributed by atoms with Crippen LogP contribution in [0.5, 0.6) is 0 Å². The van der Waals surface area contributed by atoms with E-state index >= 15 is 0 Å². The first-order chi connectivity index (χ1) is 15.1. The number of hydrogen-bond donors (Lipinski definition) is 0. The van der Waals surface area contributed by atoms with Gasteiger partial charge < -0.3 is 4.74 Å². The summed E-state index contributed by atoms with van der Waals surface area (Å²) in [6.07, 6.45) is 1.60. The molecule has 2 aromatic heterocycles. The largest absolute Gasteiger partial charge is 0.381 e. The van der Waals surface area contributed by atoms with Crippen LogP contribution in [0.15, 0.2) is 64.7 Å². The molecular formula is C23H21FN4O2S. The van der Waals surface area contributed by atoms with Crippen molar-refractivity contribution in [1.29, 1.82) is 0 Å². The van der Waals surface area contributed by atoms with Crippen LogP contribution in [0, 0.1) is 18.7 Å². The molecule has 6 nitrogen and oxygen atoms in total. The molecule has 0 atom stereocenters. The molecule has 158 valence electrons. The van der Waals surface area contributed by atoms with E-state index in [1.165, 1.54) is 23.9 Å². The van der Waals surface area contributed by atoms with Gasteiger partial charge in [0, 0.05) is 11.7 Å². The molecule has 0 bridgehead atoms. The minimum Gasteiger partial charge on any atom is -0.381 e. The number of benzene rings is 2. The average Bonchev–Trinajstić information content (AvgIpc) is 3.13. The van der Waals surface area contributed by atoms with E-state index < -0.39 is 0 Å². The Morgan fingerprint density at radius 2 is 2.03 bits per heavy atom. The van der Waals surface area contributed by atoms with Gasteiger partial charge in [-0.25, -0.2) is 14.1 Å². The third kappa shape index (κ3) is 3.88. The molecule has 0 radical (unpaired) electrons. The number of halogens is 1. The van der Waals surface area contributed by atoms with Crippen molar-refractivity contribution in [2.45, 2.75) is 24.4 Å². The van der Waals surface area contributed by atoms with Crippen molar-refractivity contribution < 1.29 is 9.13 Å². The number of hydrogen-bond acceptors (Lipinski definition) is 5. The fraction of sp³-hybridized carbons (Fsp3) is 0.261. The second-order valence-electron chi connectivity index (χ2n) is 7.71. The van der Waals surface area contributed by atoms with Gasteiger partial charge in [0.25, 0.3) is 5.56 Å². The minimum absolute atomic E-state index is 0.155. The lowest BCUT2D eigenvalue weighted by Crippen LogP contribution is -2.32. The van der Waals surface area contributed by atoms with Crippen molar-refractivity contribution in [1.82, 2.24) is 19.3 Å². The minimum atomic E-state index is -0.279. The van der Waals surface area contributed by atoms with Crippen LogP contribution in [0.1, 0.15) is 11.1 Å². The molecule has 1 saturated heterocycles. The van der Waals surface area contributed by atoms with Crippen LogP contribution in [-0.2, 0) is 17.0 Å². The van der Waals surface area contributed by atoms with Crippen LogP contribution < -0.4 is 5.56 Å². The Hall–Kier alpha value is -2.97. The number of nitrogens with zero attached hydrogens (tertiary/aromatic N) is 4. The number of thioether (sulfide) groups is 1. The molecule has 5 rings (SSSR count). The van der Waals surface area contributed by atoms with Gasteiger partial charge in [0.1, 0.15) is 11.2 Å². The van der Waals surface area contributed by atoms with Crippen LogP contribution in [-0.4, -0.2) is 32.5 Å². The summed E-state index contributed by atoms with van der Waals surface area (Å²) < 4.78 is 22.3. The number of para-hydroxylation sites is 1. The van der Waals surface area contributed by atoms with Crippen molar-refractivity contribution in [2.24, 2.45) is 5.92 Å². The normalized spacial score (nSPS) is 14.1. The highest BCUT2D eigenvalue weighted by Gasteiger charge is 2.23. The maximum Gasteiger partial charge on any atom is 0.269 e. The second-order valence-corrected chi connectivity index (χ2v) is 8.65. The summed E-state index contributed by atoms with van der Waals surface area (Å²) in [4.78, 5) is 18.4. The molecule has 0 aliphatic carbocycles. The second kappa shape index (κ2) is 8.28. The number of rotatable bonds is 6. The van der Waals surface area contributed by atoms with E-state index in [4.69, 9.17) is 9.72 Å². The van der Waals surface area contributed by atoms with Crippen molar-refractivity contribution in [2.75, 3.05) is 13.2 Å². The summed E-state index contributed by atoms with van der Waals surface area (Å²) in [6, 6.07) is 14.2. The summed E-state index contributed by atoms with van der Waals surface area (Å²) in [5, 5.41) is 5.48. The summed E-state index contributed by atoms with van der Waals surface area (Å²) in [7, 11) is 0. The quantitative estimate of drug-likeness (QED) is 0.338. The Labute approximate surface area is 182 Å². The molecule has 1 aliphatic heterocycles. The van der Waals surface area contributed by atoms with Crippen molar-refractivity contribution >= 4 is 22.8 Å². The Morgan fingerprint density at radius 3 is 2.77 bits per heavy atom. The van der Waals surface area contributed by atoms with Crippen LogP contribution >= 0.6 is 11.8 Å². The molecule has 1 aliphatic rings. The highest BCUT2D eigenvalue weighted by Crippen LogP contribution is 2.26. The van der Waals surface area contributed by atoms with Crippen LogP contribution in [0.2, 0.25) is 0 Å². The maximum atomic E-state index is 13.6. The third-order valence-corrected chi connectivity index (χ3v) is 6.40. The predicted molar refractivity (Wildman–Crippen MR) is 118 cm³/mol. The number of aromatic nitrogens is 4. The predicted octanol–water partition coefficient (Wildman–Crippen LogP) is 3.97. The van der Waals surface area contributed by atoms with Crippen LogP contribution in [0.3, 0.4) is 0 Å². The Morgan fingerprint density at radius 1 is 1.19 bits per heavy atom. The zero-order valence-corrected chi connectivity index (χ0v) is 17.8. The first kappa shape index (κ1) is 20.0. The van der Waals surface area contributed by atoms with Crippen molar-refractivity contribution in [3.05, 3.63) is 82.0 Å². The molecule has 2 aromatic carbocycles. The monoisotopic (exact) mass is 436 g/mol. The summed E-state index contributed by atoms with van der Waals surface area (Å²) in [6.45, 7) is 4.02. The van der Waals surface area contributed by atoms with Gasteiger partial charge in [0.15, 0.2) is 10.8 Å². The first-order valence-corrected chi connectivity index (χ1v) is 11.1. The molecule has 0 spiro atoms. The topological polar surface area (TPSA) is 61.9 Å². The highest BCUT2D eigenvalue weighted by atomic mass is 32.2. The molecule has 1 fully saturated rings. The molecule has 0 amide bonds. The zero-order chi connectivity index (χ0) is 21.4. The number of fused-ring (bicyclic) bond motifs is 1. The maximum absolute atomic E-state index is 13.6. The van der Waals surface area contributed by atoms with E-state index in [0.717, 1.165) is 16.8 Å². The van der Waals surface area contributed by atoms with Crippen LogP contribution in [0.4, 0.5) is 4.39 Å². The Kier molecular flexibility index (Phi) is 5.33. The van der Waals surface area contributed by atoms with Gasteiger partial charge in [-0.05, 0) is 36.2 Å². The fourth-order valence-electron chi connectivity index (χ4n) is 3.66. The molecule has 4 aromatic rings. The zero-order valence-electron chi connectivity index (χ0n) is 17.0. The first-order valence-electron chi connectivity index (χ1n) is 10.1. The number of ether oxygens (including phenoxy) is 1. The SMILES string of the molecule is Cc1ccccc1-n1c(SCc2cccc(F)c2)nc2c(cnn2CC2COC2)c1=O. The lowest BCUT2D eigenvalue weighted by molar-refractivity contribution is -0.0403. The van der Waals surface area contributed by atoms with E-state index in [0.29, 0.717) is 47.6 Å². The lowest BCUT2D eigenvalue weighted by Gasteiger charge is -2.25. The van der Waals surface area contributed by atoms with Crippen molar-refractivity contribution in [3.8, 4) is 5.69 Å². The Balaban J connectivity index is 1.62. The summed E-state index contributed by atoms with van der Waals surface area (Å²) >= 11 is 1.41. The van der Waals surface area contributed by atoms with Crippen LogP contribution in [0.25, 0.3) is 16.7 Å². The van der Waals surface area contributed by atoms with Gasteiger partial charge >= 0.3 is 0 Å². The van der Waals surface area contributed by atoms with Gasteiger partial charge in [-0.1, -0.05) is 42.1 Å². The molecule has 0 N–H and O–H groups in total. The Bertz CT molecular complexity index is 1310. The molecule has 3 heterocycles. The number of aryl methyl sites for hydroxylation is 1. The lowest BCUT2D eigenvalue weighted by atomic mass is 10.1. The molecule has 8 heteroatoms. The fourth-order valence-corrected chi connectivity index (χ4v) is 4.60. The standard InChI is InChI=1S/C23H21FN4O2S/c1-15-5-2-3-8-20(15)28-22(29)19-10-25-27(11-17-12-30-13-17)21(19)26-23(28)31-14-16-6-4-7-18(24)9-16/h2-10,17H,11-14H2,1H3. The van der Waals surface area contributed by atoms with E-state index in [-0.39, 0.29) is 11.4 Å². The van der Waals surface area contributed by atoms with Gasteiger partial charge in [0.2, 0.25) is 0 Å². The van der Waals surface area contributed by atoms with Crippen molar-refractivity contribution in [3.63, 3.8) is 0 Å². The average molecular weight is 437 g/mol. The molecular weight excluding hydrogens is 415 g/mol. The summed E-state index contributed by atoms with van der Waals surface area (Å²) in [5.74, 6) is 0.595. The van der Waals surface area contributed by atoms with Gasteiger partial charge in [-0.3, -0.25) is 9.36 Å². The highest BCUT2D eigenvalue weighted by molar-refractivity contribution is 7.98. The summed E-state index contributed by atoms with van der Waals surface area (Å²) in [5.41, 5.74) is 3.00. The molecule has 0 unspecified atom stereocenters. The smallest absolute Gasteiger partial charge is 0.269 e. The van der Waals surface area contributed by atoms with E-state index in [1.807, 2.05) is 37.3 Å². The van der Waals surface area contributed by atoms with E-state index in [9.17, 15) is 9.18 Å². The van der Waals surface area contributed by atoms with Gasteiger partial charge in [-0.2, -0.15) is 5.10 Å². The molecule has 0 saturated carbocycles. The van der Waals surface area contributed by atoms with E-state index in [1.54, 1.807) is 21.5 Å². The third-order valence-electron chi connectivity index (χ3n) is 5.39. The van der Waals surface area contributed by atoms with Gasteiger partial charge in [-0.15, -0.1) is 0 Å². The molecule has 31 heavy (non-hydrogen) atoms. The van der Waals surface area contributed by atoms with Gasteiger partial charge in [0.05, 0.1) is 31.6 Å².